The minimum atomic E-state index is 0.369. The maximum Gasteiger partial charge on any atom is 0.135 e. The highest BCUT2D eigenvalue weighted by atomic mass is 35.5. The van der Waals surface area contributed by atoms with Crippen molar-refractivity contribution in [3.05, 3.63) is 45.1 Å². The van der Waals surface area contributed by atoms with Crippen molar-refractivity contribution < 1.29 is 4.42 Å². The van der Waals surface area contributed by atoms with Gasteiger partial charge in [-0.3, -0.25) is 0 Å². The van der Waals surface area contributed by atoms with Crippen LogP contribution < -0.4 is 5.32 Å². The third kappa shape index (κ3) is 4.40. The quantitative estimate of drug-likeness (QED) is 0.665. The monoisotopic (exact) mass is 345 g/mol. The highest BCUT2D eigenvalue weighted by molar-refractivity contribution is 6.44. The van der Waals surface area contributed by atoms with Gasteiger partial charge in [-0.25, -0.2) is 0 Å². The van der Waals surface area contributed by atoms with Gasteiger partial charge < -0.3 is 9.73 Å². The van der Waals surface area contributed by atoms with E-state index in [-0.39, 0.29) is 0 Å². The van der Waals surface area contributed by atoms with Gasteiger partial charge >= 0.3 is 0 Å². The Morgan fingerprint density at radius 2 is 1.81 bits per heavy atom. The van der Waals surface area contributed by atoms with Crippen LogP contribution in [0.15, 0.2) is 28.7 Å². The molecule has 2 rings (SSSR count). The largest absolute Gasteiger partial charge is 0.461 e. The SMILES string of the molecule is CCCNC(C)Cc1ccc(-c2cc(Cl)c(Cl)cc2Cl)o1. The van der Waals surface area contributed by atoms with E-state index < -0.39 is 0 Å². The van der Waals surface area contributed by atoms with Crippen LogP contribution in [0.3, 0.4) is 0 Å². The zero-order chi connectivity index (χ0) is 15.4. The highest BCUT2D eigenvalue weighted by Gasteiger charge is 2.13. The second-order valence-corrected chi connectivity index (χ2v) is 6.29. The van der Waals surface area contributed by atoms with Gasteiger partial charge in [0, 0.05) is 18.0 Å². The predicted molar refractivity (Wildman–Crippen MR) is 90.6 cm³/mol. The van der Waals surface area contributed by atoms with Crippen LogP contribution in [0, 0.1) is 0 Å². The molecule has 1 aromatic heterocycles. The number of nitrogens with one attached hydrogen (secondary N) is 1. The van der Waals surface area contributed by atoms with Crippen LogP contribution in [0.25, 0.3) is 11.3 Å². The standard InChI is InChI=1S/C16H18Cl3NO/c1-3-6-20-10(2)7-11-4-5-16(21-11)12-8-14(18)15(19)9-13(12)17/h4-5,8-10,20H,3,6-7H2,1-2H3. The average Bonchev–Trinajstić information content (AvgIpc) is 2.88. The van der Waals surface area contributed by atoms with Crippen molar-refractivity contribution in [3.63, 3.8) is 0 Å². The van der Waals surface area contributed by atoms with Gasteiger partial charge in [-0.05, 0) is 44.2 Å². The minimum Gasteiger partial charge on any atom is -0.461 e. The molecule has 0 saturated heterocycles. The molecular weight excluding hydrogens is 329 g/mol. The van der Waals surface area contributed by atoms with E-state index in [2.05, 4.69) is 19.2 Å². The van der Waals surface area contributed by atoms with E-state index in [1.54, 1.807) is 12.1 Å². The molecule has 0 aliphatic rings. The molecule has 5 heteroatoms. The lowest BCUT2D eigenvalue weighted by molar-refractivity contribution is 0.464. The normalized spacial score (nSPS) is 12.6. The van der Waals surface area contributed by atoms with Crippen LogP contribution in [-0.2, 0) is 6.42 Å². The number of rotatable bonds is 6. The maximum absolute atomic E-state index is 6.20. The molecule has 2 aromatic rings. The third-order valence-electron chi connectivity index (χ3n) is 3.19. The van der Waals surface area contributed by atoms with E-state index in [0.29, 0.717) is 26.9 Å². The zero-order valence-electron chi connectivity index (χ0n) is 12.1. The molecule has 0 aliphatic heterocycles. The second-order valence-electron chi connectivity index (χ2n) is 5.07. The molecule has 1 N–H and O–H groups in total. The average molecular weight is 347 g/mol. The molecule has 0 spiro atoms. The van der Waals surface area contributed by atoms with Crippen LogP contribution >= 0.6 is 34.8 Å². The first-order valence-electron chi connectivity index (χ1n) is 6.98. The Hall–Kier alpha value is -0.670. The lowest BCUT2D eigenvalue weighted by Crippen LogP contribution is -2.28. The first-order chi connectivity index (χ1) is 10.0. The number of benzene rings is 1. The highest BCUT2D eigenvalue weighted by Crippen LogP contribution is 2.36. The van der Waals surface area contributed by atoms with E-state index in [4.69, 9.17) is 39.2 Å². The summed E-state index contributed by atoms with van der Waals surface area (Å²) in [4.78, 5) is 0. The molecule has 1 unspecified atom stereocenters. The van der Waals surface area contributed by atoms with Crippen molar-refractivity contribution in [2.45, 2.75) is 32.7 Å². The Morgan fingerprint density at radius 1 is 1.10 bits per heavy atom. The van der Waals surface area contributed by atoms with Gasteiger partial charge in [0.1, 0.15) is 11.5 Å². The minimum absolute atomic E-state index is 0.369. The van der Waals surface area contributed by atoms with Crippen LogP contribution in [0.1, 0.15) is 26.0 Å². The smallest absolute Gasteiger partial charge is 0.135 e. The summed E-state index contributed by atoms with van der Waals surface area (Å²) >= 11 is 18.2. The molecular formula is C16H18Cl3NO. The Morgan fingerprint density at radius 3 is 2.52 bits per heavy atom. The fourth-order valence-corrected chi connectivity index (χ4v) is 2.75. The first kappa shape index (κ1) is 16.7. The van der Waals surface area contributed by atoms with E-state index in [1.165, 1.54) is 0 Å². The van der Waals surface area contributed by atoms with Gasteiger partial charge in [-0.15, -0.1) is 0 Å². The van der Waals surface area contributed by atoms with Crippen LogP contribution in [0.2, 0.25) is 15.1 Å². The number of halogens is 3. The molecule has 0 bridgehead atoms. The molecule has 1 heterocycles. The van der Waals surface area contributed by atoms with Gasteiger partial charge in [0.25, 0.3) is 0 Å². The predicted octanol–water partition coefficient (Wildman–Crippen LogP) is 5.84. The molecule has 0 amide bonds. The van der Waals surface area contributed by atoms with Crippen molar-refractivity contribution in [1.82, 2.24) is 5.32 Å². The molecule has 114 valence electrons. The summed E-state index contributed by atoms with van der Waals surface area (Å²) in [6, 6.07) is 7.61. The lowest BCUT2D eigenvalue weighted by Gasteiger charge is -2.11. The van der Waals surface area contributed by atoms with E-state index in [1.807, 2.05) is 12.1 Å². The molecule has 0 aliphatic carbocycles. The summed E-state index contributed by atoms with van der Waals surface area (Å²) in [6.45, 7) is 5.30. The fourth-order valence-electron chi connectivity index (χ4n) is 2.11. The van der Waals surface area contributed by atoms with E-state index in [9.17, 15) is 0 Å². The van der Waals surface area contributed by atoms with Crippen molar-refractivity contribution >= 4 is 34.8 Å². The summed E-state index contributed by atoms with van der Waals surface area (Å²) in [5, 5.41) is 4.87. The fraction of sp³-hybridized carbons (Fsp3) is 0.375. The molecule has 21 heavy (non-hydrogen) atoms. The third-order valence-corrected chi connectivity index (χ3v) is 4.22. The summed E-state index contributed by atoms with van der Waals surface area (Å²) < 4.78 is 5.87. The van der Waals surface area contributed by atoms with Crippen LogP contribution in [0.5, 0.6) is 0 Å². The summed E-state index contributed by atoms with van der Waals surface area (Å²) in [5.74, 6) is 1.62. The van der Waals surface area contributed by atoms with Crippen molar-refractivity contribution in [2.24, 2.45) is 0 Å². The van der Waals surface area contributed by atoms with E-state index >= 15 is 0 Å². The van der Waals surface area contributed by atoms with Crippen molar-refractivity contribution in [3.8, 4) is 11.3 Å². The number of hydrogen-bond donors (Lipinski definition) is 1. The van der Waals surface area contributed by atoms with Gasteiger partial charge in [0.05, 0.1) is 15.1 Å². The lowest BCUT2D eigenvalue weighted by atomic mass is 10.1. The van der Waals surface area contributed by atoms with Gasteiger partial charge in [0.2, 0.25) is 0 Å². The Balaban J connectivity index is 2.15. The van der Waals surface area contributed by atoms with Crippen LogP contribution in [0.4, 0.5) is 0 Å². The summed E-state index contributed by atoms with van der Waals surface area (Å²) in [7, 11) is 0. The number of furan rings is 1. The topological polar surface area (TPSA) is 25.2 Å². The van der Waals surface area contributed by atoms with Crippen LogP contribution in [-0.4, -0.2) is 12.6 Å². The molecule has 1 aromatic carbocycles. The van der Waals surface area contributed by atoms with E-state index in [0.717, 1.165) is 30.7 Å². The molecule has 0 fully saturated rings. The first-order valence-corrected chi connectivity index (χ1v) is 8.11. The Labute approximate surface area is 140 Å². The summed E-state index contributed by atoms with van der Waals surface area (Å²) in [5.41, 5.74) is 0.756. The molecule has 2 nitrogen and oxygen atoms in total. The molecule has 0 saturated carbocycles. The molecule has 1 atom stereocenters. The number of hydrogen-bond acceptors (Lipinski definition) is 2. The summed E-state index contributed by atoms with van der Waals surface area (Å²) in [6.07, 6.45) is 1.95. The molecule has 0 radical (unpaired) electrons. The second kappa shape index (κ2) is 7.55. The maximum atomic E-state index is 6.20. The van der Waals surface area contributed by atoms with Gasteiger partial charge in [-0.1, -0.05) is 41.7 Å². The van der Waals surface area contributed by atoms with Gasteiger partial charge in [0.15, 0.2) is 0 Å². The Kier molecular flexibility index (Phi) is 6.00. The van der Waals surface area contributed by atoms with Crippen molar-refractivity contribution in [1.29, 1.82) is 0 Å². The Bertz CT molecular complexity index is 610. The van der Waals surface area contributed by atoms with Crippen molar-refractivity contribution in [2.75, 3.05) is 6.54 Å². The van der Waals surface area contributed by atoms with Gasteiger partial charge in [-0.2, -0.15) is 0 Å². The zero-order valence-corrected chi connectivity index (χ0v) is 14.3.